The number of carbonyl (C=O) groups is 2. The number of fused-ring (bicyclic) bond motifs is 1. The molecule has 198 valence electrons. The Hall–Kier alpha value is -4.47. The molecule has 0 unspecified atom stereocenters. The summed E-state index contributed by atoms with van der Waals surface area (Å²) in [5, 5.41) is 16.9. The fraction of sp³-hybridized carbons (Fsp3) is 0.321. The Balaban J connectivity index is 1.97. The SMILES string of the molecule is CC(C)Cn1c(CNC(=O)OC(C)(C)C)c(-c2ccccc2)c2cc(-c3noc(C(=O)O)n3)ccc2c1=O. The van der Waals surface area contributed by atoms with Gasteiger partial charge in [0.1, 0.15) is 5.60 Å². The Labute approximate surface area is 219 Å². The predicted octanol–water partition coefficient (Wildman–Crippen LogP) is 5.10. The van der Waals surface area contributed by atoms with Gasteiger partial charge in [0.25, 0.3) is 5.56 Å². The third-order valence-electron chi connectivity index (χ3n) is 5.66. The summed E-state index contributed by atoms with van der Waals surface area (Å²) in [5.74, 6) is -1.62. The van der Waals surface area contributed by atoms with Gasteiger partial charge in [0.2, 0.25) is 5.82 Å². The number of benzene rings is 2. The summed E-state index contributed by atoms with van der Waals surface area (Å²) in [4.78, 5) is 41.5. The van der Waals surface area contributed by atoms with Gasteiger partial charge in [-0.05, 0) is 49.8 Å². The normalized spacial score (nSPS) is 11.6. The molecule has 0 fully saturated rings. The molecule has 10 nitrogen and oxygen atoms in total. The Morgan fingerprint density at radius 1 is 1.08 bits per heavy atom. The van der Waals surface area contributed by atoms with E-state index in [0.717, 1.165) is 11.1 Å². The van der Waals surface area contributed by atoms with Crippen LogP contribution in [-0.2, 0) is 17.8 Å². The number of aromatic nitrogens is 3. The first-order valence-electron chi connectivity index (χ1n) is 12.2. The molecule has 0 spiro atoms. The number of carboxylic acids is 1. The van der Waals surface area contributed by atoms with Crippen molar-refractivity contribution in [2.45, 2.75) is 53.3 Å². The Bertz CT molecular complexity index is 1550. The van der Waals surface area contributed by atoms with Gasteiger partial charge in [-0.1, -0.05) is 55.4 Å². The van der Waals surface area contributed by atoms with Gasteiger partial charge in [0.15, 0.2) is 0 Å². The van der Waals surface area contributed by atoms with Crippen molar-refractivity contribution in [3.63, 3.8) is 0 Å². The highest BCUT2D eigenvalue weighted by Crippen LogP contribution is 2.33. The minimum atomic E-state index is -1.33. The fourth-order valence-electron chi connectivity index (χ4n) is 4.20. The zero-order valence-corrected chi connectivity index (χ0v) is 21.9. The van der Waals surface area contributed by atoms with Gasteiger partial charge in [0, 0.05) is 28.8 Å². The number of alkyl carbamates (subject to hydrolysis) is 1. The number of carboxylic acid groups (broad SMARTS) is 1. The summed E-state index contributed by atoms with van der Waals surface area (Å²) >= 11 is 0. The van der Waals surface area contributed by atoms with Gasteiger partial charge >= 0.3 is 18.0 Å². The average Bonchev–Trinajstić information content (AvgIpc) is 3.34. The van der Waals surface area contributed by atoms with Crippen molar-refractivity contribution in [1.29, 1.82) is 0 Å². The Morgan fingerprint density at radius 3 is 2.39 bits per heavy atom. The molecule has 0 atom stereocenters. The largest absolute Gasteiger partial charge is 0.474 e. The minimum Gasteiger partial charge on any atom is -0.474 e. The standard InChI is InChI=1S/C28H30N4O6/c1-16(2)15-32-21(14-29-27(36)37-28(3,4)5)22(17-9-7-6-8-10-17)20-13-18(11-12-19(20)25(32)33)23-30-24(26(34)35)38-31-23/h6-13,16H,14-15H2,1-5H3,(H,29,36)(H,34,35). The topological polar surface area (TPSA) is 137 Å². The fourth-order valence-corrected chi connectivity index (χ4v) is 4.20. The van der Waals surface area contributed by atoms with Crippen molar-refractivity contribution in [3.8, 4) is 22.5 Å². The lowest BCUT2D eigenvalue weighted by Gasteiger charge is -2.23. The number of carbonyl (C=O) groups excluding carboxylic acids is 1. The van der Waals surface area contributed by atoms with Crippen LogP contribution < -0.4 is 10.9 Å². The lowest BCUT2D eigenvalue weighted by Crippen LogP contribution is -2.35. The van der Waals surface area contributed by atoms with Crippen LogP contribution >= 0.6 is 0 Å². The molecule has 2 heterocycles. The monoisotopic (exact) mass is 518 g/mol. The number of amides is 1. The quantitative estimate of drug-likeness (QED) is 0.345. The number of nitrogens with one attached hydrogen (secondary N) is 1. The summed E-state index contributed by atoms with van der Waals surface area (Å²) in [7, 11) is 0. The van der Waals surface area contributed by atoms with E-state index >= 15 is 0 Å². The lowest BCUT2D eigenvalue weighted by molar-refractivity contribution is 0.0521. The van der Waals surface area contributed by atoms with Crippen molar-refractivity contribution in [3.05, 3.63) is 70.5 Å². The second-order valence-corrected chi connectivity index (χ2v) is 10.3. The molecule has 0 aliphatic heterocycles. The third kappa shape index (κ3) is 5.74. The van der Waals surface area contributed by atoms with Crippen LogP contribution in [0.1, 0.15) is 51.0 Å². The van der Waals surface area contributed by atoms with Crippen LogP contribution in [0, 0.1) is 5.92 Å². The van der Waals surface area contributed by atoms with Crippen molar-refractivity contribution >= 4 is 22.8 Å². The highest BCUT2D eigenvalue weighted by Gasteiger charge is 2.23. The first-order chi connectivity index (χ1) is 17.9. The van der Waals surface area contributed by atoms with Crippen molar-refractivity contribution in [2.24, 2.45) is 5.92 Å². The van der Waals surface area contributed by atoms with Crippen molar-refractivity contribution in [2.75, 3.05) is 0 Å². The van der Waals surface area contributed by atoms with Crippen molar-refractivity contribution in [1.82, 2.24) is 20.0 Å². The van der Waals surface area contributed by atoms with Crippen LogP contribution in [0.25, 0.3) is 33.3 Å². The van der Waals surface area contributed by atoms with Crippen LogP contribution in [-0.4, -0.2) is 37.5 Å². The van der Waals surface area contributed by atoms with Gasteiger partial charge in [-0.25, -0.2) is 9.59 Å². The third-order valence-corrected chi connectivity index (χ3v) is 5.66. The zero-order valence-electron chi connectivity index (χ0n) is 21.9. The van der Waals surface area contributed by atoms with E-state index in [-0.39, 0.29) is 23.8 Å². The summed E-state index contributed by atoms with van der Waals surface area (Å²) in [5.41, 5.74) is 1.80. The van der Waals surface area contributed by atoms with Crippen LogP contribution in [0.3, 0.4) is 0 Å². The molecule has 1 amide bonds. The van der Waals surface area contributed by atoms with E-state index in [4.69, 9.17) is 9.26 Å². The lowest BCUT2D eigenvalue weighted by atomic mass is 9.94. The maximum Gasteiger partial charge on any atom is 0.407 e. The molecule has 2 N–H and O–H groups in total. The van der Waals surface area contributed by atoms with E-state index in [9.17, 15) is 19.5 Å². The Kier molecular flexibility index (Phi) is 7.34. The number of nitrogens with zero attached hydrogens (tertiary/aromatic N) is 3. The molecular formula is C28H30N4O6. The second-order valence-electron chi connectivity index (χ2n) is 10.3. The Morgan fingerprint density at radius 2 is 1.79 bits per heavy atom. The molecule has 0 aliphatic rings. The minimum absolute atomic E-state index is 0.0483. The van der Waals surface area contributed by atoms with E-state index < -0.39 is 23.6 Å². The number of hydrogen-bond donors (Lipinski definition) is 2. The van der Waals surface area contributed by atoms with Crippen molar-refractivity contribution < 1.29 is 24.0 Å². The van der Waals surface area contributed by atoms with Crippen LogP contribution in [0.15, 0.2) is 57.8 Å². The van der Waals surface area contributed by atoms with E-state index in [0.29, 0.717) is 28.6 Å². The molecule has 2 aromatic carbocycles. The molecule has 0 bridgehead atoms. The maximum atomic E-state index is 13.8. The summed E-state index contributed by atoms with van der Waals surface area (Å²) in [6.45, 7) is 9.86. The molecule has 4 rings (SSSR count). The van der Waals surface area contributed by atoms with Gasteiger partial charge in [-0.15, -0.1) is 0 Å². The molecule has 4 aromatic rings. The first kappa shape index (κ1) is 26.6. The predicted molar refractivity (Wildman–Crippen MR) is 142 cm³/mol. The number of hydrogen-bond acceptors (Lipinski definition) is 7. The molecular weight excluding hydrogens is 488 g/mol. The van der Waals surface area contributed by atoms with Crippen LogP contribution in [0.4, 0.5) is 4.79 Å². The van der Waals surface area contributed by atoms with Gasteiger partial charge < -0.3 is 24.3 Å². The molecule has 0 saturated carbocycles. The summed E-state index contributed by atoms with van der Waals surface area (Å²) in [6.07, 6.45) is -0.595. The molecule has 2 aromatic heterocycles. The van der Waals surface area contributed by atoms with Crippen LogP contribution in [0.2, 0.25) is 0 Å². The first-order valence-corrected chi connectivity index (χ1v) is 12.2. The molecule has 0 saturated heterocycles. The van der Waals surface area contributed by atoms with E-state index in [1.165, 1.54) is 0 Å². The van der Waals surface area contributed by atoms with Crippen LogP contribution in [0.5, 0.6) is 0 Å². The summed E-state index contributed by atoms with van der Waals surface area (Å²) in [6, 6.07) is 14.6. The molecule has 38 heavy (non-hydrogen) atoms. The average molecular weight is 519 g/mol. The van der Waals surface area contributed by atoms with E-state index in [1.54, 1.807) is 43.5 Å². The smallest absolute Gasteiger partial charge is 0.407 e. The number of aromatic carboxylic acids is 1. The number of ether oxygens (including phenoxy) is 1. The van der Waals surface area contributed by atoms with E-state index in [2.05, 4.69) is 15.5 Å². The highest BCUT2D eigenvalue weighted by molar-refractivity contribution is 5.99. The maximum absolute atomic E-state index is 13.8. The van der Waals surface area contributed by atoms with Gasteiger partial charge in [0.05, 0.1) is 6.54 Å². The molecule has 10 heteroatoms. The second kappa shape index (κ2) is 10.5. The number of rotatable bonds is 7. The highest BCUT2D eigenvalue weighted by atomic mass is 16.6. The van der Waals surface area contributed by atoms with E-state index in [1.807, 2.05) is 44.2 Å². The van der Waals surface area contributed by atoms with Gasteiger partial charge in [-0.3, -0.25) is 4.79 Å². The summed E-state index contributed by atoms with van der Waals surface area (Å²) < 4.78 is 12.0. The zero-order chi connectivity index (χ0) is 27.6. The molecule has 0 radical (unpaired) electrons. The number of pyridine rings is 1. The van der Waals surface area contributed by atoms with Gasteiger partial charge in [-0.2, -0.15) is 4.98 Å². The molecule has 0 aliphatic carbocycles.